The van der Waals surface area contributed by atoms with E-state index < -0.39 is 40.0 Å². The molecule has 7 atom stereocenters. The smallest absolute Gasteiger partial charge is 1.00 e. The molecule has 4 aromatic rings. The van der Waals surface area contributed by atoms with E-state index >= 15 is 0 Å². The van der Waals surface area contributed by atoms with E-state index in [1.165, 1.54) is 43.0 Å². The van der Waals surface area contributed by atoms with E-state index in [0.717, 1.165) is 16.8 Å². The van der Waals surface area contributed by atoms with Crippen LogP contribution in [0.4, 0.5) is 11.4 Å². The fourth-order valence-corrected chi connectivity index (χ4v) is 7.59. The van der Waals surface area contributed by atoms with Gasteiger partial charge in [-0.1, -0.05) is 149 Å². The number of ketones is 3. The number of Topliss-reactive ketones (excluding diaryl/α,β-unsaturated/α-hetero) is 3. The molecule has 8 N–H and O–H groups in total. The van der Waals surface area contributed by atoms with Gasteiger partial charge in [-0.15, -0.1) is 0 Å². The van der Waals surface area contributed by atoms with Crippen molar-refractivity contribution in [2.24, 2.45) is 53.1 Å². The molecule has 1 unspecified atom stereocenters. The van der Waals surface area contributed by atoms with Gasteiger partial charge in [-0.3, -0.25) is 42.6 Å². The Kier molecular flexibility index (Phi) is 43.5. The van der Waals surface area contributed by atoms with Crippen LogP contribution in [0, 0.1) is 47.3 Å². The van der Waals surface area contributed by atoms with Gasteiger partial charge in [0.2, 0.25) is 11.0 Å². The van der Waals surface area contributed by atoms with Crippen LogP contribution in [0.1, 0.15) is 132 Å². The molecular weight excluding hydrogens is 1100 g/mol. The van der Waals surface area contributed by atoms with Gasteiger partial charge in [0.15, 0.2) is 5.78 Å². The zero-order valence-corrected chi connectivity index (χ0v) is 54.9. The molecule has 1 aliphatic rings. The monoisotopic (exact) mass is 1180 g/mol. The number of hydrogen-bond acceptors (Lipinski definition) is 17. The van der Waals surface area contributed by atoms with Crippen LogP contribution in [0.5, 0.6) is 0 Å². The number of nitrogens with two attached hydrogens (primary N) is 2. The van der Waals surface area contributed by atoms with Gasteiger partial charge in [0.25, 0.3) is 6.47 Å². The minimum Gasteiger partial charge on any atom is -1.00 e. The minimum absolute atomic E-state index is 0. The van der Waals surface area contributed by atoms with Crippen molar-refractivity contribution in [1.29, 1.82) is 0 Å². The van der Waals surface area contributed by atoms with E-state index in [4.69, 9.17) is 41.6 Å². The average molecular weight is 1180 g/mol. The van der Waals surface area contributed by atoms with Gasteiger partial charge in [0, 0.05) is 78.2 Å². The third-order valence-corrected chi connectivity index (χ3v) is 13.8. The second-order valence-corrected chi connectivity index (χ2v) is 21.3. The number of benzene rings is 4. The fraction of sp³-hybridized carbons (Fsp3) is 0.467. The Labute approximate surface area is 531 Å². The molecule has 82 heavy (non-hydrogen) atoms. The normalized spacial score (nSPS) is 13.3. The summed E-state index contributed by atoms with van der Waals surface area (Å²) in [5.41, 5.74) is 19.1. The van der Waals surface area contributed by atoms with E-state index in [2.05, 4.69) is 34.5 Å². The SMILES string of the molecule is CC(=O)OCC1c2ccccc2-c2ccccc21.CC(C)[C@H](C)C(=O)C[C@@H](C)C(=O)Nc1ccc(CO)cc1.CC(C)[C@H](C)C(=O)C[C@@H](C)C(=O)S(=O)[O-].CC(C)[C@H](N)C(=O)C[C@@H](C)C(=O)O.Nc1ccc(CO)cc1.O=CO[O-].[H-].[Na+].[Na+]. The standard InChI is InChI=1S/C17H25NO3.C16H14O2.C10H18O4S.C9H17NO3.C7H9NO.CH2O3.2Na.H/c1-11(2)13(4)16(20)9-12(3)17(21)18-15-7-5-14(10-19)6-8-15;1-11(17)18-10-16-14-8-4-2-6-12(14)13-7-3-5-9-15(13)16;1-6(2)8(4)9(11)5-7(3)10(12)15(13)14;1-5(2)8(10)7(11)4-6(3)9(12)13;8-7-3-1-6(5-9)2-4-7;2-1-4-3;;;/h5-8,11-13,19H,9-10H2,1-4H3,(H,18,21);2-9,16H,10H2,1H3;6-8H,5H2,1-4H3,(H,13,14);5-6,8H,4,10H2,1-3H3,(H,12,13);1-4,9H,5,8H2;1,3H;;;/q;;;;;;2*+1;-1/p-2/t12-,13+;;7-,8+;6-,8+;;;;;/m1.11...../s1. The number of aliphatic hydroxyl groups is 2. The topological polar surface area (TPSA) is 343 Å². The molecule has 22 heteroatoms. The number of nitrogen functional groups attached to an aromatic ring is 1. The predicted octanol–water partition coefficient (Wildman–Crippen LogP) is 1.61. The summed E-state index contributed by atoms with van der Waals surface area (Å²) in [4.78, 5) is 90.7. The van der Waals surface area contributed by atoms with Crippen LogP contribution >= 0.6 is 0 Å². The average Bonchev–Trinajstić information content (AvgIpc) is 3.75. The molecule has 0 aliphatic heterocycles. The number of rotatable bonds is 21. The summed E-state index contributed by atoms with van der Waals surface area (Å²) in [5.74, 6) is -2.61. The molecule has 0 bridgehead atoms. The van der Waals surface area contributed by atoms with Crippen LogP contribution in [-0.2, 0) is 72.3 Å². The number of carboxylic acids is 1. The summed E-state index contributed by atoms with van der Waals surface area (Å²) in [6.07, 6.45) is 0.292. The largest absolute Gasteiger partial charge is 1.00 e. The molecule has 0 radical (unpaired) electrons. The summed E-state index contributed by atoms with van der Waals surface area (Å²) in [7, 11) is 0. The number of fused-ring (bicyclic) bond motifs is 3. The van der Waals surface area contributed by atoms with E-state index in [0.29, 0.717) is 18.2 Å². The number of carbonyl (C=O) groups is 8. The van der Waals surface area contributed by atoms with Crippen molar-refractivity contribution >= 4 is 69.2 Å². The first-order valence-electron chi connectivity index (χ1n) is 26.2. The van der Waals surface area contributed by atoms with E-state index in [-0.39, 0.29) is 164 Å². The van der Waals surface area contributed by atoms with Gasteiger partial charge in [-0.25, -0.2) is 0 Å². The Morgan fingerprint density at radius 1 is 0.646 bits per heavy atom. The molecule has 19 nitrogen and oxygen atoms in total. The van der Waals surface area contributed by atoms with Gasteiger partial charge < -0.3 is 53.0 Å². The number of amides is 1. The second kappa shape index (κ2) is 43.8. The molecule has 0 aromatic heterocycles. The number of aliphatic carboxylic acids is 1. The van der Waals surface area contributed by atoms with Gasteiger partial charge >= 0.3 is 71.1 Å². The quantitative estimate of drug-likeness (QED) is 0.0131. The molecule has 0 spiro atoms. The molecule has 0 saturated carbocycles. The van der Waals surface area contributed by atoms with E-state index in [9.17, 15) is 42.3 Å². The number of esters is 1. The summed E-state index contributed by atoms with van der Waals surface area (Å²) < 4.78 is 25.9. The molecular formula is C60H84N3Na2O16S-. The van der Waals surface area contributed by atoms with E-state index in [1.54, 1.807) is 62.4 Å². The molecule has 1 amide bonds. The van der Waals surface area contributed by atoms with Crippen molar-refractivity contribution in [3.8, 4) is 11.1 Å². The second-order valence-electron chi connectivity index (χ2n) is 20.4. The molecule has 444 valence electrons. The first kappa shape index (κ1) is 81.4. The number of nitrogens with one attached hydrogen (secondary N) is 1. The van der Waals surface area contributed by atoms with Crippen LogP contribution in [0.25, 0.3) is 11.1 Å². The molecule has 5 rings (SSSR count). The Morgan fingerprint density at radius 3 is 1.39 bits per heavy atom. The first-order valence-corrected chi connectivity index (χ1v) is 27.3. The van der Waals surface area contributed by atoms with Crippen molar-refractivity contribution in [3.05, 3.63) is 119 Å². The van der Waals surface area contributed by atoms with Crippen molar-refractivity contribution < 1.29 is 138 Å². The number of carboxylic acid groups (broad SMARTS) is 1. The Bertz CT molecular complexity index is 2560. The predicted molar refractivity (Wildman–Crippen MR) is 305 cm³/mol. The summed E-state index contributed by atoms with van der Waals surface area (Å²) in [6.45, 7) is 21.7. The van der Waals surface area contributed by atoms with Crippen LogP contribution < -0.4 is 81.2 Å². The number of carbonyl (C=O) groups excluding carboxylic acids is 7. The number of ether oxygens (including phenoxy) is 1. The Balaban J connectivity index is -0.000000467. The van der Waals surface area contributed by atoms with Crippen molar-refractivity contribution in [1.82, 2.24) is 0 Å². The zero-order valence-electron chi connectivity index (χ0n) is 51.0. The van der Waals surface area contributed by atoms with Crippen LogP contribution in [0.2, 0.25) is 0 Å². The maximum atomic E-state index is 12.1. The summed E-state index contributed by atoms with van der Waals surface area (Å²) >= 11 is -2.72. The van der Waals surface area contributed by atoms with Gasteiger partial charge in [0.05, 0.1) is 25.2 Å². The van der Waals surface area contributed by atoms with Gasteiger partial charge in [0.1, 0.15) is 18.2 Å². The van der Waals surface area contributed by atoms with Crippen LogP contribution in [-0.4, -0.2) is 83.5 Å². The molecule has 0 heterocycles. The number of aliphatic hydroxyl groups excluding tert-OH is 2. The maximum absolute atomic E-state index is 12.1. The van der Waals surface area contributed by atoms with Crippen molar-refractivity contribution in [2.45, 2.75) is 128 Å². The molecule has 0 fully saturated rings. The maximum Gasteiger partial charge on any atom is 1.00 e. The number of hydrogen-bond donors (Lipinski definition) is 6. The molecule has 4 aromatic carbocycles. The summed E-state index contributed by atoms with van der Waals surface area (Å²) in [5, 5.41) is 36.5. The zero-order chi connectivity index (χ0) is 61.4. The van der Waals surface area contributed by atoms with Crippen molar-refractivity contribution in [3.63, 3.8) is 0 Å². The molecule has 0 saturated heterocycles. The summed E-state index contributed by atoms with van der Waals surface area (Å²) in [6, 6.07) is 30.2. The van der Waals surface area contributed by atoms with E-state index in [1.807, 2.05) is 72.7 Å². The Morgan fingerprint density at radius 2 is 1.04 bits per heavy atom. The van der Waals surface area contributed by atoms with Gasteiger partial charge in [-0.05, 0) is 75.4 Å². The molecule has 1 aliphatic carbocycles. The van der Waals surface area contributed by atoms with Crippen LogP contribution in [0.15, 0.2) is 97.1 Å². The van der Waals surface area contributed by atoms with Crippen molar-refractivity contribution in [2.75, 3.05) is 17.7 Å². The third kappa shape index (κ3) is 31.2. The first-order chi connectivity index (χ1) is 37.5. The third-order valence-electron chi connectivity index (χ3n) is 13.1. The van der Waals surface area contributed by atoms with Gasteiger partial charge in [-0.2, -0.15) is 0 Å². The van der Waals surface area contributed by atoms with Crippen LogP contribution in [0.3, 0.4) is 0 Å². The number of anilines is 2. The Hall–Kier alpha value is -4.81. The fourth-order valence-electron chi connectivity index (χ4n) is 7.18. The minimum atomic E-state index is -2.72.